The van der Waals surface area contributed by atoms with Gasteiger partial charge in [0.2, 0.25) is 0 Å². The third-order valence-corrected chi connectivity index (χ3v) is 3.80. The van der Waals surface area contributed by atoms with Crippen molar-refractivity contribution >= 4 is 16.5 Å². The maximum Gasteiger partial charge on any atom is 0.182 e. The molecule has 78 valence electrons. The SMILES string of the molecule is NCC1CCCC1CNc1nccs1. The van der Waals surface area contributed by atoms with Crippen molar-refractivity contribution in [1.82, 2.24) is 4.98 Å². The van der Waals surface area contributed by atoms with Gasteiger partial charge in [0, 0.05) is 18.1 Å². The minimum Gasteiger partial charge on any atom is -0.361 e. The Morgan fingerprint density at radius 2 is 2.36 bits per heavy atom. The summed E-state index contributed by atoms with van der Waals surface area (Å²) < 4.78 is 0. The molecule has 0 radical (unpaired) electrons. The van der Waals surface area contributed by atoms with Gasteiger partial charge in [-0.1, -0.05) is 6.42 Å². The number of hydrogen-bond acceptors (Lipinski definition) is 4. The number of nitrogens with zero attached hydrogens (tertiary/aromatic N) is 1. The number of rotatable bonds is 4. The molecule has 1 aliphatic rings. The second-order valence-corrected chi connectivity index (χ2v) is 4.80. The van der Waals surface area contributed by atoms with E-state index in [1.165, 1.54) is 19.3 Å². The Morgan fingerprint density at radius 1 is 1.50 bits per heavy atom. The quantitative estimate of drug-likeness (QED) is 0.800. The van der Waals surface area contributed by atoms with Gasteiger partial charge in [0.25, 0.3) is 0 Å². The van der Waals surface area contributed by atoms with Gasteiger partial charge in [-0.15, -0.1) is 11.3 Å². The summed E-state index contributed by atoms with van der Waals surface area (Å²) in [6.07, 6.45) is 5.80. The lowest BCUT2D eigenvalue weighted by atomic mass is 9.96. The first-order valence-corrected chi connectivity index (χ1v) is 6.11. The van der Waals surface area contributed by atoms with Crippen molar-refractivity contribution < 1.29 is 0 Å². The minimum atomic E-state index is 0.725. The van der Waals surface area contributed by atoms with E-state index >= 15 is 0 Å². The molecule has 4 heteroatoms. The van der Waals surface area contributed by atoms with Crippen LogP contribution in [0.5, 0.6) is 0 Å². The lowest BCUT2D eigenvalue weighted by molar-refractivity contribution is 0.414. The van der Waals surface area contributed by atoms with E-state index in [9.17, 15) is 0 Å². The molecule has 3 nitrogen and oxygen atoms in total. The summed E-state index contributed by atoms with van der Waals surface area (Å²) in [6.45, 7) is 1.87. The van der Waals surface area contributed by atoms with E-state index in [1.54, 1.807) is 11.3 Å². The Bertz CT molecular complexity index is 260. The standard InChI is InChI=1S/C10H17N3S/c11-6-8-2-1-3-9(8)7-13-10-12-4-5-14-10/h4-5,8-9H,1-3,6-7,11H2,(H,12,13). The van der Waals surface area contributed by atoms with E-state index in [-0.39, 0.29) is 0 Å². The maximum atomic E-state index is 5.73. The van der Waals surface area contributed by atoms with E-state index in [4.69, 9.17) is 5.73 Å². The van der Waals surface area contributed by atoms with Crippen molar-refractivity contribution in [1.29, 1.82) is 0 Å². The first-order valence-electron chi connectivity index (χ1n) is 5.23. The van der Waals surface area contributed by atoms with Crippen LogP contribution in [0.25, 0.3) is 0 Å². The third-order valence-electron chi connectivity index (χ3n) is 3.07. The van der Waals surface area contributed by atoms with Gasteiger partial charge in [0.05, 0.1) is 0 Å². The van der Waals surface area contributed by atoms with Gasteiger partial charge in [0.15, 0.2) is 5.13 Å². The lowest BCUT2D eigenvalue weighted by Gasteiger charge is -2.17. The molecular weight excluding hydrogens is 194 g/mol. The Kier molecular flexibility index (Phi) is 3.37. The summed E-state index contributed by atoms with van der Waals surface area (Å²) in [6, 6.07) is 0. The highest BCUT2D eigenvalue weighted by molar-refractivity contribution is 7.13. The highest BCUT2D eigenvalue weighted by Crippen LogP contribution is 2.31. The van der Waals surface area contributed by atoms with Crippen LogP contribution < -0.4 is 11.1 Å². The molecule has 0 aromatic carbocycles. The van der Waals surface area contributed by atoms with Crippen LogP contribution in [0.3, 0.4) is 0 Å². The molecule has 0 spiro atoms. The molecule has 1 heterocycles. The van der Waals surface area contributed by atoms with Crippen LogP contribution >= 0.6 is 11.3 Å². The largest absolute Gasteiger partial charge is 0.361 e. The van der Waals surface area contributed by atoms with Gasteiger partial charge in [-0.3, -0.25) is 0 Å². The first kappa shape index (κ1) is 9.93. The molecule has 1 aromatic rings. The zero-order valence-electron chi connectivity index (χ0n) is 8.28. The van der Waals surface area contributed by atoms with E-state index in [0.29, 0.717) is 0 Å². The van der Waals surface area contributed by atoms with Gasteiger partial charge < -0.3 is 11.1 Å². The number of nitrogens with two attached hydrogens (primary N) is 1. The van der Waals surface area contributed by atoms with Crippen molar-refractivity contribution in [3.63, 3.8) is 0 Å². The van der Waals surface area contributed by atoms with E-state index in [1.807, 2.05) is 11.6 Å². The highest BCUT2D eigenvalue weighted by atomic mass is 32.1. The molecule has 1 aromatic heterocycles. The fraction of sp³-hybridized carbons (Fsp3) is 0.700. The number of thiazole rings is 1. The van der Waals surface area contributed by atoms with Gasteiger partial charge in [0.1, 0.15) is 0 Å². The second kappa shape index (κ2) is 4.75. The van der Waals surface area contributed by atoms with Crippen LogP contribution in [-0.4, -0.2) is 18.1 Å². The zero-order valence-corrected chi connectivity index (χ0v) is 9.09. The monoisotopic (exact) mass is 211 g/mol. The summed E-state index contributed by atoms with van der Waals surface area (Å²) in [7, 11) is 0. The first-order chi connectivity index (χ1) is 6.90. The topological polar surface area (TPSA) is 50.9 Å². The molecule has 0 aliphatic heterocycles. The van der Waals surface area contributed by atoms with Crippen LogP contribution in [0.1, 0.15) is 19.3 Å². The number of anilines is 1. The Labute approximate surface area is 88.7 Å². The van der Waals surface area contributed by atoms with Gasteiger partial charge in [-0.25, -0.2) is 4.98 Å². The van der Waals surface area contributed by atoms with E-state index in [0.717, 1.165) is 30.1 Å². The second-order valence-electron chi connectivity index (χ2n) is 3.90. The maximum absolute atomic E-state index is 5.73. The lowest BCUT2D eigenvalue weighted by Crippen LogP contribution is -2.24. The van der Waals surface area contributed by atoms with E-state index in [2.05, 4.69) is 10.3 Å². The normalized spacial score (nSPS) is 26.6. The van der Waals surface area contributed by atoms with Gasteiger partial charge in [-0.2, -0.15) is 0 Å². The predicted molar refractivity (Wildman–Crippen MR) is 60.5 cm³/mol. The van der Waals surface area contributed by atoms with Gasteiger partial charge >= 0.3 is 0 Å². The molecular formula is C10H17N3S. The fourth-order valence-electron chi connectivity index (χ4n) is 2.22. The minimum absolute atomic E-state index is 0.725. The van der Waals surface area contributed by atoms with Crippen LogP contribution in [0.15, 0.2) is 11.6 Å². The third kappa shape index (κ3) is 2.25. The molecule has 1 fully saturated rings. The van der Waals surface area contributed by atoms with Crippen LogP contribution in [-0.2, 0) is 0 Å². The Morgan fingerprint density at radius 3 is 3.07 bits per heavy atom. The predicted octanol–water partition coefficient (Wildman–Crippen LogP) is 1.93. The van der Waals surface area contributed by atoms with Crippen LogP contribution in [0.4, 0.5) is 5.13 Å². The average Bonchev–Trinajstić information content (AvgIpc) is 2.85. The molecule has 1 saturated carbocycles. The molecule has 2 unspecified atom stereocenters. The van der Waals surface area contributed by atoms with Crippen molar-refractivity contribution in [3.05, 3.63) is 11.6 Å². The summed E-state index contributed by atoms with van der Waals surface area (Å²) in [5.41, 5.74) is 5.73. The Hall–Kier alpha value is -0.610. The fourth-order valence-corrected chi connectivity index (χ4v) is 2.76. The Balaban J connectivity index is 1.80. The van der Waals surface area contributed by atoms with Gasteiger partial charge in [-0.05, 0) is 31.2 Å². The van der Waals surface area contributed by atoms with Crippen molar-refractivity contribution in [3.8, 4) is 0 Å². The average molecular weight is 211 g/mol. The molecule has 0 amide bonds. The molecule has 3 N–H and O–H groups in total. The molecule has 0 bridgehead atoms. The zero-order chi connectivity index (χ0) is 9.80. The number of nitrogens with one attached hydrogen (secondary N) is 1. The van der Waals surface area contributed by atoms with Crippen molar-refractivity contribution in [2.24, 2.45) is 17.6 Å². The van der Waals surface area contributed by atoms with Crippen LogP contribution in [0, 0.1) is 11.8 Å². The number of hydrogen-bond donors (Lipinski definition) is 2. The van der Waals surface area contributed by atoms with Crippen LogP contribution in [0.2, 0.25) is 0 Å². The summed E-state index contributed by atoms with van der Waals surface area (Å²) >= 11 is 1.66. The molecule has 2 atom stereocenters. The van der Waals surface area contributed by atoms with Crippen molar-refractivity contribution in [2.45, 2.75) is 19.3 Å². The van der Waals surface area contributed by atoms with E-state index < -0.39 is 0 Å². The molecule has 2 rings (SSSR count). The number of aromatic nitrogens is 1. The molecule has 1 aliphatic carbocycles. The smallest absolute Gasteiger partial charge is 0.182 e. The molecule has 14 heavy (non-hydrogen) atoms. The summed E-state index contributed by atoms with van der Waals surface area (Å²) in [4.78, 5) is 4.20. The molecule has 0 saturated heterocycles. The van der Waals surface area contributed by atoms with Crippen molar-refractivity contribution in [2.75, 3.05) is 18.4 Å². The summed E-state index contributed by atoms with van der Waals surface area (Å²) in [5, 5.41) is 6.42. The highest BCUT2D eigenvalue weighted by Gasteiger charge is 2.25. The summed E-state index contributed by atoms with van der Waals surface area (Å²) in [5.74, 6) is 1.48.